The molecule has 0 aliphatic carbocycles. The minimum atomic E-state index is 0.866. The summed E-state index contributed by atoms with van der Waals surface area (Å²) in [7, 11) is 0. The number of nitrogens with one attached hydrogen (secondary N) is 1. The SMILES string of the molecule is c1ccc(-c2cc[nH+]o2)cc1. The van der Waals surface area contributed by atoms with E-state index in [0.717, 1.165) is 11.3 Å². The maximum atomic E-state index is 5.09. The van der Waals surface area contributed by atoms with Crippen LogP contribution in [0, 0.1) is 0 Å². The van der Waals surface area contributed by atoms with Gasteiger partial charge in [0, 0.05) is 5.56 Å². The van der Waals surface area contributed by atoms with Crippen molar-refractivity contribution in [2.75, 3.05) is 0 Å². The van der Waals surface area contributed by atoms with Crippen molar-refractivity contribution in [2.45, 2.75) is 0 Å². The number of rotatable bonds is 1. The summed E-state index contributed by atoms with van der Waals surface area (Å²) < 4.78 is 5.09. The Balaban J connectivity index is 2.46. The molecule has 0 atom stereocenters. The maximum absolute atomic E-state index is 5.09. The lowest BCUT2D eigenvalue weighted by atomic mass is 10.2. The zero-order valence-electron chi connectivity index (χ0n) is 5.95. The molecule has 0 saturated carbocycles. The van der Waals surface area contributed by atoms with Crippen molar-refractivity contribution in [1.82, 2.24) is 0 Å². The Kier molecular flexibility index (Phi) is 1.44. The van der Waals surface area contributed by atoms with Crippen LogP contribution in [0.1, 0.15) is 0 Å². The van der Waals surface area contributed by atoms with Gasteiger partial charge < -0.3 is 0 Å². The topological polar surface area (TPSA) is 27.3 Å². The third-order valence-electron chi connectivity index (χ3n) is 1.53. The van der Waals surface area contributed by atoms with Crippen LogP contribution in [0.25, 0.3) is 11.3 Å². The fourth-order valence-corrected chi connectivity index (χ4v) is 0.999. The van der Waals surface area contributed by atoms with Crippen LogP contribution in [0.4, 0.5) is 0 Å². The van der Waals surface area contributed by atoms with Gasteiger partial charge in [0.05, 0.1) is 6.07 Å². The van der Waals surface area contributed by atoms with Crippen LogP contribution < -0.4 is 5.16 Å². The highest BCUT2D eigenvalue weighted by molar-refractivity contribution is 5.55. The summed E-state index contributed by atoms with van der Waals surface area (Å²) in [5, 5.41) is 2.65. The summed E-state index contributed by atoms with van der Waals surface area (Å²) in [6.07, 6.45) is 1.77. The molecule has 0 amide bonds. The van der Waals surface area contributed by atoms with Crippen molar-refractivity contribution in [3.63, 3.8) is 0 Å². The summed E-state index contributed by atoms with van der Waals surface area (Å²) in [6, 6.07) is 11.9. The van der Waals surface area contributed by atoms with Crippen molar-refractivity contribution in [3.05, 3.63) is 42.6 Å². The summed E-state index contributed by atoms with van der Waals surface area (Å²) in [6.45, 7) is 0. The molecule has 2 heteroatoms. The maximum Gasteiger partial charge on any atom is 0.217 e. The highest BCUT2D eigenvalue weighted by atomic mass is 16.5. The Hall–Kier alpha value is -1.57. The van der Waals surface area contributed by atoms with Crippen molar-refractivity contribution >= 4 is 0 Å². The third-order valence-corrected chi connectivity index (χ3v) is 1.53. The van der Waals surface area contributed by atoms with E-state index in [2.05, 4.69) is 5.16 Å². The third kappa shape index (κ3) is 1.15. The molecule has 2 aromatic rings. The largest absolute Gasteiger partial charge is 0.238 e. The molecule has 11 heavy (non-hydrogen) atoms. The molecule has 2 nitrogen and oxygen atoms in total. The minimum absolute atomic E-state index is 0.866. The summed E-state index contributed by atoms with van der Waals surface area (Å²) >= 11 is 0. The second kappa shape index (κ2) is 2.58. The summed E-state index contributed by atoms with van der Waals surface area (Å²) in [5.41, 5.74) is 1.09. The molecular weight excluding hydrogens is 138 g/mol. The van der Waals surface area contributed by atoms with Gasteiger partial charge in [-0.3, -0.25) is 0 Å². The number of aromatic amines is 1. The Morgan fingerprint density at radius 1 is 1.00 bits per heavy atom. The first kappa shape index (κ1) is 6.16. The van der Waals surface area contributed by atoms with E-state index in [-0.39, 0.29) is 0 Å². The fourth-order valence-electron chi connectivity index (χ4n) is 0.999. The molecule has 0 saturated heterocycles. The molecule has 1 aromatic heterocycles. The zero-order chi connectivity index (χ0) is 7.52. The number of H-pyrrole nitrogens is 1. The van der Waals surface area contributed by atoms with E-state index < -0.39 is 0 Å². The molecule has 0 radical (unpaired) electrons. The van der Waals surface area contributed by atoms with Crippen LogP contribution in [0.15, 0.2) is 47.1 Å². The molecule has 54 valence electrons. The molecular formula is C9H8NO+. The number of aromatic nitrogens is 1. The molecule has 0 unspecified atom stereocenters. The first-order valence-electron chi connectivity index (χ1n) is 3.48. The van der Waals surface area contributed by atoms with Gasteiger partial charge in [-0.05, 0) is 5.16 Å². The molecule has 2 rings (SSSR count). The second-order valence-corrected chi connectivity index (χ2v) is 2.28. The van der Waals surface area contributed by atoms with Crippen LogP contribution in [0.3, 0.4) is 0 Å². The molecule has 0 aliphatic rings. The van der Waals surface area contributed by atoms with E-state index in [9.17, 15) is 0 Å². The normalized spacial score (nSPS) is 9.82. The quantitative estimate of drug-likeness (QED) is 0.602. The Morgan fingerprint density at radius 3 is 2.45 bits per heavy atom. The molecule has 1 aromatic carbocycles. The summed E-state index contributed by atoms with van der Waals surface area (Å²) in [5.74, 6) is 0.866. The van der Waals surface area contributed by atoms with Crippen molar-refractivity contribution in [3.8, 4) is 11.3 Å². The molecule has 0 bridgehead atoms. The number of hydrogen-bond donors (Lipinski definition) is 0. The zero-order valence-corrected chi connectivity index (χ0v) is 5.95. The number of benzene rings is 1. The standard InChI is InChI=1S/C9H7NO/c1-2-4-8(5-3-1)9-6-7-10-11-9/h1-7H/p+1. The lowest BCUT2D eigenvalue weighted by Crippen LogP contribution is -1.88. The van der Waals surface area contributed by atoms with Crippen molar-refractivity contribution in [1.29, 1.82) is 0 Å². The first-order chi connectivity index (χ1) is 5.47. The highest BCUT2D eigenvalue weighted by Crippen LogP contribution is 2.15. The fraction of sp³-hybridized carbons (Fsp3) is 0. The van der Waals surface area contributed by atoms with Gasteiger partial charge >= 0.3 is 0 Å². The smallest absolute Gasteiger partial charge is 0.217 e. The van der Waals surface area contributed by atoms with Gasteiger partial charge in [-0.1, -0.05) is 30.3 Å². The van der Waals surface area contributed by atoms with Gasteiger partial charge in [-0.15, -0.1) is 0 Å². The minimum Gasteiger partial charge on any atom is -0.238 e. The molecule has 0 fully saturated rings. The molecule has 1 N–H and O–H groups in total. The van der Waals surface area contributed by atoms with Gasteiger partial charge in [-0.2, -0.15) is 0 Å². The van der Waals surface area contributed by atoms with Crippen LogP contribution in [-0.2, 0) is 0 Å². The first-order valence-corrected chi connectivity index (χ1v) is 3.48. The second-order valence-electron chi connectivity index (χ2n) is 2.28. The number of hydrogen-bond acceptors (Lipinski definition) is 1. The monoisotopic (exact) mass is 146 g/mol. The lowest BCUT2D eigenvalue weighted by Gasteiger charge is -1.88. The van der Waals surface area contributed by atoms with Crippen LogP contribution in [0.5, 0.6) is 0 Å². The van der Waals surface area contributed by atoms with E-state index in [1.54, 1.807) is 6.20 Å². The van der Waals surface area contributed by atoms with Crippen LogP contribution in [-0.4, -0.2) is 0 Å². The van der Waals surface area contributed by atoms with E-state index >= 15 is 0 Å². The van der Waals surface area contributed by atoms with Crippen LogP contribution in [0.2, 0.25) is 0 Å². The van der Waals surface area contributed by atoms with E-state index in [0.29, 0.717) is 0 Å². The van der Waals surface area contributed by atoms with Gasteiger partial charge in [0.15, 0.2) is 0 Å². The van der Waals surface area contributed by atoms with Gasteiger partial charge in [0.25, 0.3) is 0 Å². The van der Waals surface area contributed by atoms with Crippen molar-refractivity contribution in [2.24, 2.45) is 0 Å². The van der Waals surface area contributed by atoms with E-state index in [1.165, 1.54) is 0 Å². The Labute approximate surface area is 64.5 Å². The van der Waals surface area contributed by atoms with Gasteiger partial charge in [0.1, 0.15) is 0 Å². The van der Waals surface area contributed by atoms with Crippen molar-refractivity contribution < 1.29 is 9.68 Å². The highest BCUT2D eigenvalue weighted by Gasteiger charge is 2.01. The predicted molar refractivity (Wildman–Crippen MR) is 40.7 cm³/mol. The average Bonchev–Trinajstić information content (AvgIpc) is 2.58. The molecule has 0 spiro atoms. The van der Waals surface area contributed by atoms with E-state index in [1.807, 2.05) is 36.4 Å². The Morgan fingerprint density at radius 2 is 1.82 bits per heavy atom. The van der Waals surface area contributed by atoms with Crippen LogP contribution >= 0.6 is 0 Å². The van der Waals surface area contributed by atoms with Gasteiger partial charge in [-0.25, -0.2) is 4.52 Å². The Bertz CT molecular complexity index is 313. The van der Waals surface area contributed by atoms with E-state index in [4.69, 9.17) is 4.52 Å². The predicted octanol–water partition coefficient (Wildman–Crippen LogP) is 1.76. The lowest BCUT2D eigenvalue weighted by molar-refractivity contribution is -0.606. The van der Waals surface area contributed by atoms with Gasteiger partial charge in [0.2, 0.25) is 12.0 Å². The molecule has 1 heterocycles. The molecule has 0 aliphatic heterocycles. The summed E-state index contributed by atoms with van der Waals surface area (Å²) in [4.78, 5) is 0. The average molecular weight is 146 g/mol.